The molecule has 0 saturated carbocycles. The van der Waals surface area contributed by atoms with Crippen LogP contribution in [0.1, 0.15) is 40.9 Å². The number of aromatic hydroxyl groups is 1. The standard InChI is InChI=1S/C25H33N5O3/c1-16(2)33-15-17(3)21-11-22(24(31)12-23(21)28-26)25(32)30-13-18-4-5-20(10-19(18)14-30)29-8-6-27-7-9-29/h4-5,10-12,16,27-28,31H,3,6-9,13-15,26H2,1-2H3. The van der Waals surface area contributed by atoms with E-state index in [0.717, 1.165) is 37.3 Å². The average molecular weight is 452 g/mol. The highest BCUT2D eigenvalue weighted by Crippen LogP contribution is 2.34. The Kier molecular flexibility index (Phi) is 6.88. The third-order valence-electron chi connectivity index (χ3n) is 6.18. The number of hydrogen-bond acceptors (Lipinski definition) is 7. The summed E-state index contributed by atoms with van der Waals surface area (Å²) in [5.74, 6) is 5.30. The molecule has 2 aromatic carbocycles. The summed E-state index contributed by atoms with van der Waals surface area (Å²) in [7, 11) is 0. The second-order valence-electron chi connectivity index (χ2n) is 8.87. The molecule has 8 nitrogen and oxygen atoms in total. The summed E-state index contributed by atoms with van der Waals surface area (Å²) in [5, 5.41) is 14.0. The van der Waals surface area contributed by atoms with Gasteiger partial charge in [0.25, 0.3) is 5.91 Å². The van der Waals surface area contributed by atoms with Crippen molar-refractivity contribution in [1.29, 1.82) is 0 Å². The number of nitrogen functional groups attached to an aromatic ring is 1. The summed E-state index contributed by atoms with van der Waals surface area (Å²) in [5.41, 5.74) is 8.10. The first-order chi connectivity index (χ1) is 15.9. The molecule has 33 heavy (non-hydrogen) atoms. The van der Waals surface area contributed by atoms with Gasteiger partial charge in [0.2, 0.25) is 0 Å². The number of nitrogens with two attached hydrogens (primary N) is 1. The molecule has 2 aromatic rings. The predicted molar refractivity (Wildman–Crippen MR) is 131 cm³/mol. The molecule has 0 radical (unpaired) electrons. The molecule has 1 saturated heterocycles. The Morgan fingerprint density at radius 3 is 2.61 bits per heavy atom. The van der Waals surface area contributed by atoms with E-state index in [1.165, 1.54) is 11.8 Å². The fourth-order valence-corrected chi connectivity index (χ4v) is 4.33. The minimum atomic E-state index is -0.227. The lowest BCUT2D eigenvalue weighted by Crippen LogP contribution is -2.43. The van der Waals surface area contributed by atoms with Crippen LogP contribution in [-0.2, 0) is 17.8 Å². The van der Waals surface area contributed by atoms with Crippen molar-refractivity contribution in [3.63, 3.8) is 0 Å². The molecule has 1 amide bonds. The van der Waals surface area contributed by atoms with E-state index >= 15 is 0 Å². The number of hydrazine groups is 1. The van der Waals surface area contributed by atoms with E-state index in [1.54, 1.807) is 11.0 Å². The number of piperazine rings is 1. The summed E-state index contributed by atoms with van der Waals surface area (Å²) in [4.78, 5) is 17.5. The molecule has 2 aliphatic heterocycles. The lowest BCUT2D eigenvalue weighted by atomic mass is 10.0. The van der Waals surface area contributed by atoms with Crippen LogP contribution in [0.5, 0.6) is 5.75 Å². The van der Waals surface area contributed by atoms with Gasteiger partial charge in [-0.05, 0) is 48.7 Å². The van der Waals surface area contributed by atoms with Gasteiger partial charge in [-0.2, -0.15) is 0 Å². The van der Waals surface area contributed by atoms with Crippen LogP contribution in [-0.4, -0.2) is 54.8 Å². The van der Waals surface area contributed by atoms with Crippen molar-refractivity contribution >= 4 is 22.9 Å². The fraction of sp³-hybridized carbons (Fsp3) is 0.400. The Morgan fingerprint density at radius 1 is 1.18 bits per heavy atom. The Bertz CT molecular complexity index is 1050. The summed E-state index contributed by atoms with van der Waals surface area (Å²) >= 11 is 0. The Balaban J connectivity index is 1.54. The topological polar surface area (TPSA) is 103 Å². The molecule has 176 valence electrons. The van der Waals surface area contributed by atoms with Crippen molar-refractivity contribution in [2.45, 2.75) is 33.0 Å². The van der Waals surface area contributed by atoms with E-state index in [9.17, 15) is 9.90 Å². The molecule has 4 rings (SSSR count). The zero-order chi connectivity index (χ0) is 23.5. The van der Waals surface area contributed by atoms with E-state index in [0.29, 0.717) is 36.5 Å². The lowest BCUT2D eigenvalue weighted by Gasteiger charge is -2.29. The predicted octanol–water partition coefficient (Wildman–Crippen LogP) is 2.68. The van der Waals surface area contributed by atoms with Gasteiger partial charge in [0.1, 0.15) is 5.75 Å². The number of hydrogen-bond donors (Lipinski definition) is 4. The van der Waals surface area contributed by atoms with Crippen molar-refractivity contribution in [3.05, 3.63) is 59.2 Å². The van der Waals surface area contributed by atoms with Crippen LogP contribution in [0.2, 0.25) is 0 Å². The van der Waals surface area contributed by atoms with E-state index in [1.807, 2.05) is 13.8 Å². The number of phenols is 1. The number of benzene rings is 2. The number of nitrogens with zero attached hydrogens (tertiary/aromatic N) is 2. The number of ether oxygens (including phenoxy) is 1. The number of carbonyl (C=O) groups excluding carboxylic acids is 1. The number of fused-ring (bicyclic) bond motifs is 1. The molecule has 0 bridgehead atoms. The highest BCUT2D eigenvalue weighted by molar-refractivity contribution is 5.99. The van der Waals surface area contributed by atoms with Crippen LogP contribution < -0.4 is 21.5 Å². The first-order valence-corrected chi connectivity index (χ1v) is 11.4. The van der Waals surface area contributed by atoms with Gasteiger partial charge in [0.05, 0.1) is 24.0 Å². The molecule has 5 N–H and O–H groups in total. The fourth-order valence-electron chi connectivity index (χ4n) is 4.33. The lowest BCUT2D eigenvalue weighted by molar-refractivity contribution is 0.0748. The second-order valence-corrected chi connectivity index (χ2v) is 8.87. The van der Waals surface area contributed by atoms with Gasteiger partial charge < -0.3 is 30.4 Å². The first kappa shape index (κ1) is 23.1. The average Bonchev–Trinajstić information content (AvgIpc) is 3.26. The molecule has 8 heteroatoms. The molecular weight excluding hydrogens is 418 g/mol. The number of nitrogens with one attached hydrogen (secondary N) is 2. The zero-order valence-electron chi connectivity index (χ0n) is 19.4. The van der Waals surface area contributed by atoms with Crippen molar-refractivity contribution < 1.29 is 14.6 Å². The van der Waals surface area contributed by atoms with Gasteiger partial charge in [-0.3, -0.25) is 10.6 Å². The third-order valence-corrected chi connectivity index (χ3v) is 6.18. The van der Waals surface area contributed by atoms with Crippen LogP contribution in [0.15, 0.2) is 36.9 Å². The van der Waals surface area contributed by atoms with Crippen LogP contribution in [0.3, 0.4) is 0 Å². The molecule has 0 aromatic heterocycles. The van der Waals surface area contributed by atoms with Crippen molar-refractivity contribution in [2.75, 3.05) is 43.1 Å². The van der Waals surface area contributed by atoms with Gasteiger partial charge in [0.15, 0.2) is 0 Å². The van der Waals surface area contributed by atoms with Crippen LogP contribution in [0.25, 0.3) is 5.57 Å². The van der Waals surface area contributed by atoms with E-state index in [-0.39, 0.29) is 23.3 Å². The minimum absolute atomic E-state index is 0.0449. The Hall–Kier alpha value is -3.07. The van der Waals surface area contributed by atoms with Crippen LogP contribution >= 0.6 is 0 Å². The summed E-state index contributed by atoms with van der Waals surface area (Å²) in [6.45, 7) is 13.2. The Labute approximate surface area is 195 Å². The number of carbonyl (C=O) groups is 1. The van der Waals surface area contributed by atoms with Gasteiger partial charge in [-0.25, -0.2) is 0 Å². The van der Waals surface area contributed by atoms with E-state index in [4.69, 9.17) is 10.6 Å². The van der Waals surface area contributed by atoms with Crippen molar-refractivity contribution in [3.8, 4) is 5.75 Å². The van der Waals surface area contributed by atoms with Crippen LogP contribution in [0, 0.1) is 0 Å². The molecule has 0 atom stereocenters. The summed E-state index contributed by atoms with van der Waals surface area (Å²) in [6.07, 6.45) is 0.0449. The SMILES string of the molecule is C=C(COC(C)C)c1cc(C(=O)N2Cc3ccc(N4CCNCC4)cc3C2)c(O)cc1NN. The zero-order valence-corrected chi connectivity index (χ0v) is 19.4. The highest BCUT2D eigenvalue weighted by Gasteiger charge is 2.28. The second kappa shape index (κ2) is 9.82. The van der Waals surface area contributed by atoms with Gasteiger partial charge in [0, 0.05) is 56.6 Å². The van der Waals surface area contributed by atoms with Gasteiger partial charge >= 0.3 is 0 Å². The molecule has 1 fully saturated rings. The first-order valence-electron chi connectivity index (χ1n) is 11.4. The summed E-state index contributed by atoms with van der Waals surface area (Å²) in [6, 6.07) is 9.54. The van der Waals surface area contributed by atoms with Crippen molar-refractivity contribution in [2.24, 2.45) is 5.84 Å². The maximum atomic E-state index is 13.4. The number of rotatable bonds is 7. The smallest absolute Gasteiger partial charge is 0.258 e. The van der Waals surface area contributed by atoms with Gasteiger partial charge in [-0.15, -0.1) is 0 Å². The van der Waals surface area contributed by atoms with Crippen LogP contribution in [0.4, 0.5) is 11.4 Å². The maximum absolute atomic E-state index is 13.4. The largest absolute Gasteiger partial charge is 0.507 e. The quantitative estimate of drug-likeness (QED) is 0.379. The van der Waals surface area contributed by atoms with E-state index in [2.05, 4.69) is 40.4 Å². The molecule has 0 spiro atoms. The van der Waals surface area contributed by atoms with Crippen molar-refractivity contribution in [1.82, 2.24) is 10.2 Å². The van der Waals surface area contributed by atoms with E-state index < -0.39 is 0 Å². The molecule has 0 aliphatic carbocycles. The monoisotopic (exact) mass is 451 g/mol. The highest BCUT2D eigenvalue weighted by atomic mass is 16.5. The molecule has 2 aliphatic rings. The number of anilines is 2. The molecule has 2 heterocycles. The number of phenolic OH excluding ortho intramolecular Hbond substituents is 1. The maximum Gasteiger partial charge on any atom is 0.258 e. The number of amides is 1. The normalized spacial score (nSPS) is 15.6. The van der Waals surface area contributed by atoms with Gasteiger partial charge in [-0.1, -0.05) is 12.6 Å². The Morgan fingerprint density at radius 2 is 1.91 bits per heavy atom. The molecule has 0 unspecified atom stereocenters. The molecular formula is C25H33N5O3. The third kappa shape index (κ3) is 4.98. The minimum Gasteiger partial charge on any atom is -0.507 e. The summed E-state index contributed by atoms with van der Waals surface area (Å²) < 4.78 is 5.66.